The van der Waals surface area contributed by atoms with E-state index in [-0.39, 0.29) is 23.8 Å². The third-order valence-electron chi connectivity index (χ3n) is 3.04. The molecule has 0 fully saturated rings. The fraction of sp³-hybridized carbons (Fsp3) is 0.235. The molecule has 0 amide bonds. The largest absolute Gasteiger partial charge is 0.466 e. The van der Waals surface area contributed by atoms with E-state index in [0.29, 0.717) is 24.3 Å². The van der Waals surface area contributed by atoms with Gasteiger partial charge < -0.3 is 9.47 Å². The van der Waals surface area contributed by atoms with Crippen LogP contribution in [0.1, 0.15) is 29.3 Å². The molecule has 0 aliphatic carbocycles. The molecule has 1 heterocycles. The number of benzene rings is 1. The Morgan fingerprint density at radius 1 is 1.22 bits per heavy atom. The summed E-state index contributed by atoms with van der Waals surface area (Å²) in [6, 6.07) is 10.6. The van der Waals surface area contributed by atoms with E-state index >= 15 is 0 Å². The highest BCUT2D eigenvalue weighted by Crippen LogP contribution is 2.23. The molecule has 0 aliphatic rings. The van der Waals surface area contributed by atoms with Crippen LogP contribution in [0.2, 0.25) is 0 Å². The van der Waals surface area contributed by atoms with Crippen LogP contribution in [0.5, 0.6) is 11.6 Å². The fourth-order valence-electron chi connectivity index (χ4n) is 1.98. The minimum atomic E-state index is -0.621. The Hall–Kier alpha value is -2.40. The van der Waals surface area contributed by atoms with Gasteiger partial charge in [0, 0.05) is 24.2 Å². The van der Waals surface area contributed by atoms with E-state index in [1.54, 1.807) is 19.1 Å². The SMILES string of the molecule is CCOC(=O)CCc1cnc(Oc2ccccc2)cc1C(=O)Cl. The summed E-state index contributed by atoms with van der Waals surface area (Å²) in [6.07, 6.45) is 1.98. The zero-order valence-corrected chi connectivity index (χ0v) is 13.4. The number of carbonyl (C=O) groups is 2. The second-order valence-corrected chi connectivity index (χ2v) is 5.02. The topological polar surface area (TPSA) is 65.5 Å². The van der Waals surface area contributed by atoms with Crippen LogP contribution in [0.4, 0.5) is 0 Å². The van der Waals surface area contributed by atoms with Crippen LogP contribution < -0.4 is 4.74 Å². The predicted molar refractivity (Wildman–Crippen MR) is 85.9 cm³/mol. The summed E-state index contributed by atoms with van der Waals surface area (Å²) in [5, 5.41) is -0.621. The van der Waals surface area contributed by atoms with Crippen molar-refractivity contribution in [1.29, 1.82) is 0 Å². The van der Waals surface area contributed by atoms with Crippen LogP contribution >= 0.6 is 11.6 Å². The number of hydrogen-bond acceptors (Lipinski definition) is 5. The maximum absolute atomic E-state index is 11.6. The Kier molecular flexibility index (Phi) is 6.11. The lowest BCUT2D eigenvalue weighted by molar-refractivity contribution is -0.143. The maximum Gasteiger partial charge on any atom is 0.306 e. The first kappa shape index (κ1) is 17.0. The average Bonchev–Trinajstić information content (AvgIpc) is 2.54. The number of carbonyl (C=O) groups excluding carboxylic acids is 2. The zero-order chi connectivity index (χ0) is 16.7. The summed E-state index contributed by atoms with van der Waals surface area (Å²) in [7, 11) is 0. The molecule has 1 aromatic heterocycles. The zero-order valence-electron chi connectivity index (χ0n) is 12.6. The van der Waals surface area contributed by atoms with E-state index in [0.717, 1.165) is 0 Å². The van der Waals surface area contributed by atoms with Crippen LogP contribution in [0, 0.1) is 0 Å². The van der Waals surface area contributed by atoms with E-state index in [9.17, 15) is 9.59 Å². The molecule has 0 radical (unpaired) electrons. The molecule has 2 aromatic rings. The first-order chi connectivity index (χ1) is 11.1. The molecular formula is C17H16ClNO4. The lowest BCUT2D eigenvalue weighted by Crippen LogP contribution is -2.07. The quantitative estimate of drug-likeness (QED) is 0.570. The minimum Gasteiger partial charge on any atom is -0.466 e. The number of rotatable bonds is 7. The molecule has 0 aliphatic heterocycles. The molecular weight excluding hydrogens is 318 g/mol. The van der Waals surface area contributed by atoms with Gasteiger partial charge in [0.1, 0.15) is 5.75 Å². The van der Waals surface area contributed by atoms with Gasteiger partial charge in [-0.1, -0.05) is 18.2 Å². The van der Waals surface area contributed by atoms with E-state index in [1.165, 1.54) is 12.3 Å². The number of para-hydroxylation sites is 1. The Balaban J connectivity index is 2.14. The van der Waals surface area contributed by atoms with Crippen molar-refractivity contribution in [3.05, 3.63) is 53.7 Å². The summed E-state index contributed by atoms with van der Waals surface area (Å²) in [5.74, 6) is 0.539. The molecule has 5 nitrogen and oxygen atoms in total. The summed E-state index contributed by atoms with van der Waals surface area (Å²) in [5.41, 5.74) is 0.857. The van der Waals surface area contributed by atoms with E-state index in [1.807, 2.05) is 18.2 Å². The number of pyridine rings is 1. The molecule has 0 N–H and O–H groups in total. The van der Waals surface area contributed by atoms with Crippen molar-refractivity contribution < 1.29 is 19.1 Å². The molecule has 0 spiro atoms. The molecule has 0 saturated carbocycles. The molecule has 0 saturated heterocycles. The lowest BCUT2D eigenvalue weighted by Gasteiger charge is -2.09. The lowest BCUT2D eigenvalue weighted by atomic mass is 10.1. The van der Waals surface area contributed by atoms with E-state index < -0.39 is 5.24 Å². The van der Waals surface area contributed by atoms with Crippen molar-refractivity contribution in [2.24, 2.45) is 0 Å². The monoisotopic (exact) mass is 333 g/mol. The van der Waals surface area contributed by atoms with Gasteiger partial charge in [-0.25, -0.2) is 4.98 Å². The van der Waals surface area contributed by atoms with Gasteiger partial charge in [0.15, 0.2) is 0 Å². The van der Waals surface area contributed by atoms with Gasteiger partial charge in [-0.3, -0.25) is 9.59 Å². The molecule has 0 atom stereocenters. The summed E-state index contributed by atoms with van der Waals surface area (Å²) < 4.78 is 10.4. The molecule has 1 aromatic carbocycles. The van der Waals surface area contributed by atoms with Gasteiger partial charge in [0.25, 0.3) is 5.24 Å². The van der Waals surface area contributed by atoms with E-state index in [4.69, 9.17) is 21.1 Å². The Labute approximate surface area is 139 Å². The molecule has 23 heavy (non-hydrogen) atoms. The van der Waals surface area contributed by atoms with Crippen molar-refractivity contribution >= 4 is 22.8 Å². The number of esters is 1. The van der Waals surface area contributed by atoms with Crippen LogP contribution in [-0.2, 0) is 16.0 Å². The van der Waals surface area contributed by atoms with Crippen LogP contribution in [0.15, 0.2) is 42.6 Å². The smallest absolute Gasteiger partial charge is 0.306 e. The van der Waals surface area contributed by atoms with Gasteiger partial charge in [0.2, 0.25) is 5.88 Å². The summed E-state index contributed by atoms with van der Waals surface area (Å²) in [4.78, 5) is 27.2. The third kappa shape index (κ3) is 5.07. The minimum absolute atomic E-state index is 0.158. The fourth-order valence-corrected chi connectivity index (χ4v) is 2.16. The van der Waals surface area contributed by atoms with Crippen molar-refractivity contribution in [2.45, 2.75) is 19.8 Å². The highest BCUT2D eigenvalue weighted by atomic mass is 35.5. The van der Waals surface area contributed by atoms with Crippen LogP contribution in [-0.4, -0.2) is 22.8 Å². The molecule has 2 rings (SSSR count). The highest BCUT2D eigenvalue weighted by molar-refractivity contribution is 6.67. The van der Waals surface area contributed by atoms with Crippen LogP contribution in [0.3, 0.4) is 0 Å². The molecule has 120 valence electrons. The van der Waals surface area contributed by atoms with Crippen molar-refractivity contribution in [3.63, 3.8) is 0 Å². The Bertz CT molecular complexity index is 688. The summed E-state index contributed by atoms with van der Waals surface area (Å²) >= 11 is 5.62. The summed E-state index contributed by atoms with van der Waals surface area (Å²) in [6.45, 7) is 2.06. The van der Waals surface area contributed by atoms with Crippen molar-refractivity contribution in [1.82, 2.24) is 4.98 Å². The van der Waals surface area contributed by atoms with Gasteiger partial charge in [0.05, 0.1) is 6.61 Å². The number of ether oxygens (including phenoxy) is 2. The van der Waals surface area contributed by atoms with Crippen molar-refractivity contribution in [2.75, 3.05) is 6.61 Å². The average molecular weight is 334 g/mol. The second kappa shape index (κ2) is 8.29. The highest BCUT2D eigenvalue weighted by Gasteiger charge is 2.14. The maximum atomic E-state index is 11.6. The number of hydrogen-bond donors (Lipinski definition) is 0. The first-order valence-corrected chi connectivity index (χ1v) is 7.55. The van der Waals surface area contributed by atoms with Gasteiger partial charge in [-0.05, 0) is 42.6 Å². The predicted octanol–water partition coefficient (Wildman–Crippen LogP) is 3.75. The Morgan fingerprint density at radius 2 is 1.96 bits per heavy atom. The Morgan fingerprint density at radius 3 is 2.61 bits per heavy atom. The number of aromatic nitrogens is 1. The number of nitrogens with zero attached hydrogens (tertiary/aromatic N) is 1. The van der Waals surface area contributed by atoms with E-state index in [2.05, 4.69) is 4.98 Å². The van der Waals surface area contributed by atoms with Gasteiger partial charge in [-0.15, -0.1) is 0 Å². The molecule has 0 unspecified atom stereocenters. The number of aryl methyl sites for hydroxylation is 1. The van der Waals surface area contributed by atoms with Crippen molar-refractivity contribution in [3.8, 4) is 11.6 Å². The normalized spacial score (nSPS) is 10.2. The third-order valence-corrected chi connectivity index (χ3v) is 3.25. The van der Waals surface area contributed by atoms with Crippen LogP contribution in [0.25, 0.3) is 0 Å². The van der Waals surface area contributed by atoms with Gasteiger partial charge >= 0.3 is 5.97 Å². The first-order valence-electron chi connectivity index (χ1n) is 7.17. The second-order valence-electron chi connectivity index (χ2n) is 4.67. The standard InChI is InChI=1S/C17H16ClNO4/c1-2-22-16(20)9-8-12-11-19-15(10-14(12)17(18)21)23-13-6-4-3-5-7-13/h3-7,10-11H,2,8-9H2,1H3. The molecule has 0 bridgehead atoms. The van der Waals surface area contributed by atoms with Gasteiger partial charge in [-0.2, -0.15) is 0 Å². The molecule has 6 heteroatoms. The number of halogens is 1.